The van der Waals surface area contributed by atoms with Crippen molar-refractivity contribution in [2.75, 3.05) is 19.4 Å². The van der Waals surface area contributed by atoms with Crippen LogP contribution in [-0.2, 0) is 20.0 Å². The second kappa shape index (κ2) is 9.24. The molecule has 10 nitrogen and oxygen atoms in total. The molecule has 0 radical (unpaired) electrons. The maximum absolute atomic E-state index is 14.3. The van der Waals surface area contributed by atoms with Crippen LogP contribution in [-0.4, -0.2) is 50.9 Å². The van der Waals surface area contributed by atoms with Crippen molar-refractivity contribution in [3.05, 3.63) is 59.4 Å². The number of aliphatic imine (C=N–C) groups is 1. The van der Waals surface area contributed by atoms with Gasteiger partial charge in [0.15, 0.2) is 11.6 Å². The number of nitrogens with two attached hydrogens (primary N) is 1. The lowest BCUT2D eigenvalue weighted by atomic mass is 10.0. The Balaban J connectivity index is 1.87. The summed E-state index contributed by atoms with van der Waals surface area (Å²) < 4.78 is 62.5. The van der Waals surface area contributed by atoms with Gasteiger partial charge in [-0.05, 0) is 36.3 Å². The van der Waals surface area contributed by atoms with Crippen molar-refractivity contribution < 1.29 is 21.2 Å². The van der Waals surface area contributed by atoms with E-state index in [0.717, 1.165) is 10.5 Å². The molecule has 170 valence electrons. The van der Waals surface area contributed by atoms with E-state index in [1.165, 1.54) is 37.7 Å². The van der Waals surface area contributed by atoms with E-state index in [9.17, 15) is 21.2 Å². The molecule has 0 saturated heterocycles. The zero-order chi connectivity index (χ0) is 23.5. The lowest BCUT2D eigenvalue weighted by Gasteiger charge is -2.13. The van der Waals surface area contributed by atoms with E-state index in [4.69, 9.17) is 5.14 Å². The number of nitrogens with one attached hydrogen (secondary N) is 1. The van der Waals surface area contributed by atoms with Crippen molar-refractivity contribution in [3.8, 4) is 0 Å². The molecule has 0 unspecified atom stereocenters. The first-order chi connectivity index (χ1) is 14.9. The number of hydrogen-bond acceptors (Lipinski definition) is 8. The predicted molar refractivity (Wildman–Crippen MR) is 119 cm³/mol. The average molecular weight is 481 g/mol. The summed E-state index contributed by atoms with van der Waals surface area (Å²) in [5.41, 5.74) is 1.36. The fourth-order valence-electron chi connectivity index (χ4n) is 2.71. The van der Waals surface area contributed by atoms with E-state index >= 15 is 0 Å². The minimum absolute atomic E-state index is 0.0111. The number of nitrogens with zero attached hydrogens (tertiary/aromatic N) is 4. The van der Waals surface area contributed by atoms with Gasteiger partial charge < -0.3 is 5.32 Å². The quantitative estimate of drug-likeness (QED) is 0.644. The van der Waals surface area contributed by atoms with Crippen molar-refractivity contribution in [1.29, 1.82) is 0 Å². The molecule has 0 fully saturated rings. The topological polar surface area (TPSA) is 148 Å². The summed E-state index contributed by atoms with van der Waals surface area (Å²) in [5.74, 6) is -1.03. The molecule has 1 aliphatic rings. The van der Waals surface area contributed by atoms with Crippen LogP contribution in [0, 0.1) is 5.82 Å². The lowest BCUT2D eigenvalue weighted by molar-refractivity contribution is 0.530. The maximum Gasteiger partial charge on any atom is 0.238 e. The Bertz CT molecular complexity index is 1340. The molecule has 1 aliphatic carbocycles. The van der Waals surface area contributed by atoms with Gasteiger partial charge in [-0.1, -0.05) is 12.1 Å². The van der Waals surface area contributed by atoms with E-state index in [-0.39, 0.29) is 23.1 Å². The molecule has 0 amide bonds. The number of allylic oxidation sites excluding steroid dienone is 3. The van der Waals surface area contributed by atoms with Crippen LogP contribution in [0.5, 0.6) is 0 Å². The summed E-state index contributed by atoms with van der Waals surface area (Å²) in [5, 5.41) is 9.08. The Morgan fingerprint density at radius 3 is 2.69 bits per heavy atom. The molecule has 32 heavy (non-hydrogen) atoms. The van der Waals surface area contributed by atoms with Crippen LogP contribution in [0.3, 0.4) is 0 Å². The molecule has 13 heteroatoms. The van der Waals surface area contributed by atoms with E-state index in [1.807, 2.05) is 0 Å². The molecule has 1 aromatic carbocycles. The van der Waals surface area contributed by atoms with Gasteiger partial charge in [-0.15, -0.1) is 0 Å². The molecular weight excluding hydrogens is 459 g/mol. The second-order valence-corrected chi connectivity index (χ2v) is 10.6. The van der Waals surface area contributed by atoms with Crippen LogP contribution in [0.25, 0.3) is 0 Å². The first-order valence-corrected chi connectivity index (χ1v) is 12.3. The summed E-state index contributed by atoms with van der Waals surface area (Å²) >= 11 is 0. The number of benzene rings is 1. The van der Waals surface area contributed by atoms with Gasteiger partial charge >= 0.3 is 0 Å². The van der Waals surface area contributed by atoms with Crippen molar-refractivity contribution in [2.24, 2.45) is 10.1 Å². The molecule has 0 atom stereocenters. The van der Waals surface area contributed by atoms with Gasteiger partial charge in [0, 0.05) is 37.3 Å². The molecule has 3 N–H and O–H groups in total. The Morgan fingerprint density at radius 1 is 1.25 bits per heavy atom. The molecule has 3 rings (SSSR count). The largest absolute Gasteiger partial charge is 0.324 e. The molecule has 1 aromatic heterocycles. The zero-order valence-electron chi connectivity index (χ0n) is 17.2. The van der Waals surface area contributed by atoms with Crippen LogP contribution < -0.4 is 10.5 Å². The smallest absolute Gasteiger partial charge is 0.238 e. The number of aromatic nitrogens is 2. The minimum Gasteiger partial charge on any atom is -0.324 e. The fourth-order valence-corrected chi connectivity index (χ4v) is 4.08. The van der Waals surface area contributed by atoms with Gasteiger partial charge in [0.05, 0.1) is 11.1 Å². The van der Waals surface area contributed by atoms with Crippen molar-refractivity contribution in [1.82, 2.24) is 14.3 Å². The molecule has 0 aliphatic heterocycles. The molecule has 0 spiro atoms. The van der Waals surface area contributed by atoms with Crippen LogP contribution in [0.15, 0.2) is 63.5 Å². The van der Waals surface area contributed by atoms with Gasteiger partial charge in [-0.3, -0.25) is 0 Å². The summed E-state index contributed by atoms with van der Waals surface area (Å²) in [6, 6.07) is 5.68. The second-order valence-electron chi connectivity index (χ2n) is 7.05. The van der Waals surface area contributed by atoms with Crippen molar-refractivity contribution >= 4 is 43.2 Å². The van der Waals surface area contributed by atoms with Crippen LogP contribution in [0.1, 0.15) is 12.8 Å². The number of rotatable bonds is 6. The van der Waals surface area contributed by atoms with Crippen molar-refractivity contribution in [2.45, 2.75) is 17.7 Å². The number of anilines is 2. The zero-order valence-corrected chi connectivity index (χ0v) is 18.9. The van der Waals surface area contributed by atoms with Gasteiger partial charge in [-0.25, -0.2) is 40.6 Å². The Kier molecular flexibility index (Phi) is 6.83. The molecule has 0 saturated carbocycles. The highest BCUT2D eigenvalue weighted by molar-refractivity contribution is 7.92. The van der Waals surface area contributed by atoms with E-state index in [1.54, 1.807) is 18.2 Å². The maximum atomic E-state index is 14.3. The van der Waals surface area contributed by atoms with Crippen LogP contribution in [0.2, 0.25) is 0 Å². The van der Waals surface area contributed by atoms with Crippen LogP contribution in [0.4, 0.5) is 21.8 Å². The third-order valence-electron chi connectivity index (χ3n) is 4.32. The minimum atomic E-state index is -3.90. The molecular formula is C19H21FN6O4S2. The number of primary sulfonamides is 1. The summed E-state index contributed by atoms with van der Waals surface area (Å²) in [4.78, 5) is 12.0. The van der Waals surface area contributed by atoms with Gasteiger partial charge in [0.1, 0.15) is 0 Å². The first-order valence-electron chi connectivity index (χ1n) is 9.22. The van der Waals surface area contributed by atoms with Crippen LogP contribution >= 0.6 is 0 Å². The normalized spacial score (nSPS) is 17.3. The third-order valence-corrected chi connectivity index (χ3v) is 6.88. The Hall–Kier alpha value is -3.00. The molecule has 2 aromatic rings. The highest BCUT2D eigenvalue weighted by Crippen LogP contribution is 2.24. The molecule has 1 heterocycles. The van der Waals surface area contributed by atoms with E-state index in [0.29, 0.717) is 23.4 Å². The summed E-state index contributed by atoms with van der Waals surface area (Å²) in [6.45, 7) is 0. The molecule has 0 bridgehead atoms. The monoisotopic (exact) mass is 480 g/mol. The van der Waals surface area contributed by atoms with Gasteiger partial charge in [0.2, 0.25) is 26.0 Å². The van der Waals surface area contributed by atoms with Gasteiger partial charge in [0.25, 0.3) is 0 Å². The first kappa shape index (κ1) is 23.7. The third kappa shape index (κ3) is 6.03. The lowest BCUT2D eigenvalue weighted by Crippen LogP contribution is -2.20. The highest BCUT2D eigenvalue weighted by Gasteiger charge is 2.16. The predicted octanol–water partition coefficient (Wildman–Crippen LogP) is 2.20. The Morgan fingerprint density at radius 2 is 2.00 bits per heavy atom. The number of halogens is 1. The van der Waals surface area contributed by atoms with Crippen molar-refractivity contribution in [3.63, 3.8) is 0 Å². The standard InChI is InChI=1S/C19H21FN6O4S2/c1-26(2)31(27,28)12-13-5-3-6-14(9-13)23-18-17(20)11-22-19(25-18)24-15-7-4-8-16(10-15)32(21,29)30/h3-4,6-8,10-12H,5,9H2,1-2H3,(H2,21,29,30)(H,22,24,25). The Labute approximate surface area is 185 Å². The summed E-state index contributed by atoms with van der Waals surface area (Å²) in [6.07, 6.45) is 4.98. The number of hydrogen-bond donors (Lipinski definition) is 2. The van der Waals surface area contributed by atoms with E-state index in [2.05, 4.69) is 20.3 Å². The highest BCUT2D eigenvalue weighted by atomic mass is 32.2. The van der Waals surface area contributed by atoms with E-state index < -0.39 is 25.9 Å². The SMILES string of the molecule is CN(C)S(=O)(=O)C=C1CC=CC(=Nc2nc(Nc3cccc(S(N)(=O)=O)c3)ncc2F)C1. The fraction of sp³-hybridized carbons (Fsp3) is 0.211. The average Bonchev–Trinajstić information content (AvgIpc) is 2.70. The number of sulfonamides is 2. The summed E-state index contributed by atoms with van der Waals surface area (Å²) in [7, 11) is -4.57. The van der Waals surface area contributed by atoms with Gasteiger partial charge in [-0.2, -0.15) is 4.98 Å².